The van der Waals surface area contributed by atoms with Crippen molar-refractivity contribution >= 4 is 23.3 Å². The summed E-state index contributed by atoms with van der Waals surface area (Å²) < 4.78 is 0. The molecule has 0 aliphatic heterocycles. The van der Waals surface area contributed by atoms with Crippen molar-refractivity contribution < 1.29 is 15.0 Å². The quantitative estimate of drug-likeness (QED) is 0.769. The molecule has 0 radical (unpaired) electrons. The number of amides is 1. The van der Waals surface area contributed by atoms with E-state index in [0.717, 1.165) is 6.07 Å². The first kappa shape index (κ1) is 12.1. The molecule has 0 saturated heterocycles. The van der Waals surface area contributed by atoms with E-state index in [4.69, 9.17) is 16.7 Å². The smallest absolute Gasteiger partial charge is 0.260 e. The van der Waals surface area contributed by atoms with Gasteiger partial charge < -0.3 is 15.5 Å². The highest BCUT2D eigenvalue weighted by Gasteiger charge is 2.12. The molecule has 92 valence electrons. The van der Waals surface area contributed by atoms with Crippen molar-refractivity contribution in [1.29, 1.82) is 0 Å². The van der Waals surface area contributed by atoms with Gasteiger partial charge >= 0.3 is 0 Å². The number of phenolic OH excluding ortho intramolecular Hbond substituents is 2. The second-order valence-electron chi connectivity index (χ2n) is 3.38. The van der Waals surface area contributed by atoms with Crippen molar-refractivity contribution in [3.05, 3.63) is 41.3 Å². The molecule has 0 aliphatic carbocycles. The summed E-state index contributed by atoms with van der Waals surface area (Å²) >= 11 is 5.62. The minimum absolute atomic E-state index is 0.00887. The van der Waals surface area contributed by atoms with E-state index in [0.29, 0.717) is 0 Å². The van der Waals surface area contributed by atoms with Gasteiger partial charge in [-0.2, -0.15) is 0 Å². The van der Waals surface area contributed by atoms with E-state index < -0.39 is 5.91 Å². The predicted octanol–water partition coefficient (Wildman–Crippen LogP) is 1.79. The molecule has 0 spiro atoms. The van der Waals surface area contributed by atoms with Gasteiger partial charge in [0.1, 0.15) is 16.7 Å². The van der Waals surface area contributed by atoms with Crippen LogP contribution in [0.4, 0.5) is 5.82 Å². The maximum absolute atomic E-state index is 11.8. The number of nitrogens with zero attached hydrogens (tertiary/aromatic N) is 2. The summed E-state index contributed by atoms with van der Waals surface area (Å²) in [6, 6.07) is 3.65. The monoisotopic (exact) mass is 265 g/mol. The SMILES string of the molecule is O=C(Nc1cncc(Cl)n1)c1ccc(O)cc1O. The van der Waals surface area contributed by atoms with Gasteiger partial charge in [-0.1, -0.05) is 11.6 Å². The summed E-state index contributed by atoms with van der Waals surface area (Å²) in [5, 5.41) is 21.2. The molecule has 1 aromatic heterocycles. The first-order valence-corrected chi connectivity index (χ1v) is 5.25. The first-order chi connectivity index (χ1) is 8.56. The van der Waals surface area contributed by atoms with Crippen LogP contribution >= 0.6 is 11.6 Å². The second kappa shape index (κ2) is 4.89. The zero-order chi connectivity index (χ0) is 13.1. The molecule has 0 fully saturated rings. The van der Waals surface area contributed by atoms with Crippen molar-refractivity contribution in [1.82, 2.24) is 9.97 Å². The zero-order valence-corrected chi connectivity index (χ0v) is 9.72. The van der Waals surface area contributed by atoms with Crippen molar-refractivity contribution in [3.8, 4) is 11.5 Å². The summed E-state index contributed by atoms with van der Waals surface area (Å²) in [5.74, 6) is -0.877. The van der Waals surface area contributed by atoms with Crippen LogP contribution in [-0.4, -0.2) is 26.1 Å². The number of phenols is 2. The van der Waals surface area contributed by atoms with Crippen LogP contribution in [0.15, 0.2) is 30.6 Å². The number of carbonyl (C=O) groups excluding carboxylic acids is 1. The van der Waals surface area contributed by atoms with E-state index in [1.165, 1.54) is 24.5 Å². The van der Waals surface area contributed by atoms with E-state index in [2.05, 4.69) is 15.3 Å². The van der Waals surface area contributed by atoms with Crippen LogP contribution in [0.2, 0.25) is 5.15 Å². The van der Waals surface area contributed by atoms with Crippen LogP contribution in [0.25, 0.3) is 0 Å². The molecule has 18 heavy (non-hydrogen) atoms. The molecule has 0 atom stereocenters. The Labute approximate surface area is 107 Å². The maximum Gasteiger partial charge on any atom is 0.260 e. The fraction of sp³-hybridized carbons (Fsp3) is 0. The number of hydrogen-bond donors (Lipinski definition) is 3. The summed E-state index contributed by atoms with van der Waals surface area (Å²) in [5.41, 5.74) is 0.00887. The number of benzene rings is 1. The van der Waals surface area contributed by atoms with Crippen molar-refractivity contribution in [2.24, 2.45) is 0 Å². The highest BCUT2D eigenvalue weighted by atomic mass is 35.5. The molecule has 6 nitrogen and oxygen atoms in total. The topological polar surface area (TPSA) is 95.3 Å². The van der Waals surface area contributed by atoms with E-state index in [1.54, 1.807) is 0 Å². The molecular weight excluding hydrogens is 258 g/mol. The molecule has 2 aromatic rings. The Morgan fingerprint density at radius 1 is 1.28 bits per heavy atom. The van der Waals surface area contributed by atoms with Crippen LogP contribution in [0.3, 0.4) is 0 Å². The van der Waals surface area contributed by atoms with Gasteiger partial charge in [0.05, 0.1) is 18.0 Å². The van der Waals surface area contributed by atoms with Gasteiger partial charge in [-0.3, -0.25) is 9.78 Å². The number of nitrogens with one attached hydrogen (secondary N) is 1. The lowest BCUT2D eigenvalue weighted by Crippen LogP contribution is -2.13. The molecule has 0 aliphatic rings. The lowest BCUT2D eigenvalue weighted by Gasteiger charge is -2.06. The van der Waals surface area contributed by atoms with Crippen molar-refractivity contribution in [2.45, 2.75) is 0 Å². The highest BCUT2D eigenvalue weighted by molar-refractivity contribution is 6.29. The fourth-order valence-electron chi connectivity index (χ4n) is 1.30. The first-order valence-electron chi connectivity index (χ1n) is 4.87. The Bertz CT molecular complexity index is 604. The van der Waals surface area contributed by atoms with Crippen LogP contribution in [-0.2, 0) is 0 Å². The normalized spacial score (nSPS) is 10.1. The second-order valence-corrected chi connectivity index (χ2v) is 3.77. The molecule has 0 unspecified atom stereocenters. The van der Waals surface area contributed by atoms with Gasteiger partial charge in [-0.15, -0.1) is 0 Å². The maximum atomic E-state index is 11.8. The average molecular weight is 266 g/mol. The molecule has 7 heteroatoms. The summed E-state index contributed by atoms with van der Waals surface area (Å²) in [6.45, 7) is 0. The number of halogens is 1. The number of hydrogen-bond acceptors (Lipinski definition) is 5. The largest absolute Gasteiger partial charge is 0.508 e. The predicted molar refractivity (Wildman–Crippen MR) is 64.8 cm³/mol. The number of aromatic nitrogens is 2. The third-order valence-corrected chi connectivity index (χ3v) is 2.25. The molecule has 0 bridgehead atoms. The van der Waals surface area contributed by atoms with Crippen molar-refractivity contribution in [2.75, 3.05) is 5.32 Å². The summed E-state index contributed by atoms with van der Waals surface area (Å²) in [7, 11) is 0. The number of carbonyl (C=O) groups is 1. The van der Waals surface area contributed by atoms with Crippen molar-refractivity contribution in [3.63, 3.8) is 0 Å². The highest BCUT2D eigenvalue weighted by Crippen LogP contribution is 2.23. The lowest BCUT2D eigenvalue weighted by atomic mass is 10.2. The third-order valence-electron chi connectivity index (χ3n) is 2.07. The van der Waals surface area contributed by atoms with Crippen LogP contribution < -0.4 is 5.32 Å². The fourth-order valence-corrected chi connectivity index (χ4v) is 1.45. The Balaban J connectivity index is 2.22. The Kier molecular flexibility index (Phi) is 3.29. The van der Waals surface area contributed by atoms with Gasteiger partial charge in [-0.25, -0.2) is 4.98 Å². The number of rotatable bonds is 2. The van der Waals surface area contributed by atoms with Gasteiger partial charge in [0, 0.05) is 6.07 Å². The minimum Gasteiger partial charge on any atom is -0.508 e. The Morgan fingerprint density at radius 2 is 2.06 bits per heavy atom. The van der Waals surface area contributed by atoms with E-state index in [-0.39, 0.29) is 28.0 Å². The van der Waals surface area contributed by atoms with Crippen LogP contribution in [0.5, 0.6) is 11.5 Å². The molecule has 3 N–H and O–H groups in total. The summed E-state index contributed by atoms with van der Waals surface area (Å²) in [4.78, 5) is 19.4. The molecule has 1 heterocycles. The molecule has 1 aromatic carbocycles. The Morgan fingerprint density at radius 3 is 2.72 bits per heavy atom. The van der Waals surface area contributed by atoms with E-state index in [9.17, 15) is 9.90 Å². The zero-order valence-electron chi connectivity index (χ0n) is 8.96. The third kappa shape index (κ3) is 2.67. The van der Waals surface area contributed by atoms with E-state index >= 15 is 0 Å². The molecule has 0 saturated carbocycles. The van der Waals surface area contributed by atoms with Gasteiger partial charge in [-0.05, 0) is 12.1 Å². The molecule has 1 amide bonds. The van der Waals surface area contributed by atoms with Crippen LogP contribution in [0, 0.1) is 0 Å². The van der Waals surface area contributed by atoms with Crippen LogP contribution in [0.1, 0.15) is 10.4 Å². The van der Waals surface area contributed by atoms with Gasteiger partial charge in [0.25, 0.3) is 5.91 Å². The standard InChI is InChI=1S/C11H8ClN3O3/c12-9-4-13-5-10(14-9)15-11(18)7-2-1-6(16)3-8(7)17/h1-5,16-17H,(H,14,15,18). The molecular formula is C11H8ClN3O3. The van der Waals surface area contributed by atoms with E-state index in [1.807, 2.05) is 0 Å². The average Bonchev–Trinajstić information content (AvgIpc) is 2.28. The lowest BCUT2D eigenvalue weighted by molar-refractivity contribution is 0.102. The van der Waals surface area contributed by atoms with Gasteiger partial charge in [0.2, 0.25) is 0 Å². The molecule has 2 rings (SSSR count). The number of aromatic hydroxyl groups is 2. The Hall–Kier alpha value is -2.34. The van der Waals surface area contributed by atoms with Gasteiger partial charge in [0.15, 0.2) is 5.82 Å². The number of anilines is 1. The summed E-state index contributed by atoms with van der Waals surface area (Å²) in [6.07, 6.45) is 2.65. The minimum atomic E-state index is -0.580.